The van der Waals surface area contributed by atoms with Gasteiger partial charge in [0.05, 0.1) is 18.3 Å². The van der Waals surface area contributed by atoms with Gasteiger partial charge in [-0.05, 0) is 37.5 Å². The number of fused-ring (bicyclic) bond motifs is 1. The zero-order chi connectivity index (χ0) is 21.2. The summed E-state index contributed by atoms with van der Waals surface area (Å²) >= 11 is 1.43. The fourth-order valence-electron chi connectivity index (χ4n) is 3.67. The zero-order valence-corrected chi connectivity index (χ0v) is 18.1. The van der Waals surface area contributed by atoms with Crippen molar-refractivity contribution in [1.29, 1.82) is 0 Å². The second-order valence-corrected chi connectivity index (χ2v) is 8.89. The molecule has 2 aromatic carbocycles. The molecule has 1 fully saturated rings. The molecule has 2 aromatic heterocycles. The van der Waals surface area contributed by atoms with Crippen LogP contribution in [-0.4, -0.2) is 26.4 Å². The minimum atomic E-state index is -0.204. The lowest BCUT2D eigenvalue weighted by Crippen LogP contribution is -2.28. The molecule has 31 heavy (non-hydrogen) atoms. The van der Waals surface area contributed by atoms with E-state index in [-0.39, 0.29) is 17.7 Å². The molecule has 1 aliphatic rings. The molecule has 0 saturated heterocycles. The summed E-state index contributed by atoms with van der Waals surface area (Å²) in [7, 11) is 0. The monoisotopic (exact) mass is 432 g/mol. The molecule has 0 spiro atoms. The van der Waals surface area contributed by atoms with Crippen LogP contribution in [0, 0.1) is 0 Å². The summed E-state index contributed by atoms with van der Waals surface area (Å²) < 4.78 is 8.03. The van der Waals surface area contributed by atoms with Crippen molar-refractivity contribution in [1.82, 2.24) is 20.1 Å². The Morgan fingerprint density at radius 3 is 2.71 bits per heavy atom. The van der Waals surface area contributed by atoms with Crippen molar-refractivity contribution in [3.05, 3.63) is 77.8 Å². The Balaban J connectivity index is 1.24. The molecule has 5 rings (SSSR count). The van der Waals surface area contributed by atoms with Crippen LogP contribution < -0.4 is 5.32 Å². The highest BCUT2D eigenvalue weighted by molar-refractivity contribution is 7.99. The number of para-hydroxylation sites is 1. The molecule has 0 bridgehead atoms. The lowest BCUT2D eigenvalue weighted by molar-refractivity contribution is -0.119. The van der Waals surface area contributed by atoms with Crippen LogP contribution in [0.15, 0.2) is 70.2 Å². The summed E-state index contributed by atoms with van der Waals surface area (Å²) in [6, 6.07) is 19.9. The first-order chi connectivity index (χ1) is 15.2. The van der Waals surface area contributed by atoms with E-state index in [1.165, 1.54) is 17.3 Å². The number of carbonyl (C=O) groups is 1. The van der Waals surface area contributed by atoms with E-state index in [4.69, 9.17) is 4.42 Å². The largest absolute Gasteiger partial charge is 0.459 e. The molecule has 0 aliphatic heterocycles. The molecule has 7 heteroatoms. The maximum absolute atomic E-state index is 12.6. The summed E-state index contributed by atoms with van der Waals surface area (Å²) in [5.41, 5.74) is 2.03. The average molecular weight is 433 g/mol. The Bertz CT molecular complexity index is 1160. The molecule has 4 aromatic rings. The van der Waals surface area contributed by atoms with Gasteiger partial charge in [0.2, 0.25) is 5.91 Å². The smallest absolute Gasteiger partial charge is 0.231 e. The van der Waals surface area contributed by atoms with E-state index in [0.717, 1.165) is 47.1 Å². The molecule has 6 nitrogen and oxygen atoms in total. The second-order valence-electron chi connectivity index (χ2n) is 7.95. The van der Waals surface area contributed by atoms with Gasteiger partial charge in [-0.25, -0.2) is 0 Å². The molecule has 1 amide bonds. The van der Waals surface area contributed by atoms with E-state index in [0.29, 0.717) is 5.92 Å². The maximum atomic E-state index is 12.6. The molecule has 2 heterocycles. The van der Waals surface area contributed by atoms with E-state index in [2.05, 4.69) is 32.2 Å². The molecule has 0 unspecified atom stereocenters. The maximum Gasteiger partial charge on any atom is 0.231 e. The normalized spacial score (nSPS) is 14.6. The van der Waals surface area contributed by atoms with Crippen LogP contribution in [0.25, 0.3) is 11.0 Å². The van der Waals surface area contributed by atoms with Gasteiger partial charge in [-0.1, -0.05) is 60.3 Å². The van der Waals surface area contributed by atoms with Crippen molar-refractivity contribution in [3.63, 3.8) is 0 Å². The third-order valence-electron chi connectivity index (χ3n) is 5.45. The van der Waals surface area contributed by atoms with Gasteiger partial charge in [0, 0.05) is 11.3 Å². The number of furan rings is 1. The van der Waals surface area contributed by atoms with Gasteiger partial charge in [0.1, 0.15) is 17.2 Å². The molecule has 1 aliphatic carbocycles. The highest BCUT2D eigenvalue weighted by atomic mass is 32.2. The predicted molar refractivity (Wildman–Crippen MR) is 121 cm³/mol. The lowest BCUT2D eigenvalue weighted by atomic mass is 10.2. The van der Waals surface area contributed by atoms with Gasteiger partial charge >= 0.3 is 0 Å². The summed E-state index contributed by atoms with van der Waals surface area (Å²) in [6.45, 7) is 2.66. The number of nitrogens with zero attached hydrogens (tertiary/aromatic N) is 3. The summed E-state index contributed by atoms with van der Waals surface area (Å²) in [6.07, 6.45) is 2.32. The fraction of sp³-hybridized carbons (Fsp3) is 0.292. The van der Waals surface area contributed by atoms with Crippen molar-refractivity contribution >= 4 is 28.6 Å². The minimum absolute atomic E-state index is 0.0554. The molecule has 0 radical (unpaired) electrons. The standard InChI is InChI=1S/C24H24N4O2S/c1-16(21-13-19-9-5-6-10-20(19)30-21)25-22(29)15-31-24-27-26-23(18-11-12-18)28(24)14-17-7-3-2-4-8-17/h2-10,13,16,18H,11-12,14-15H2,1H3,(H,25,29)/t16-/m0/s1. The van der Waals surface area contributed by atoms with Crippen LogP contribution in [0.4, 0.5) is 0 Å². The van der Waals surface area contributed by atoms with Gasteiger partial charge in [-0.15, -0.1) is 10.2 Å². The third kappa shape index (κ3) is 4.51. The van der Waals surface area contributed by atoms with Crippen molar-refractivity contribution in [2.45, 2.75) is 43.4 Å². The number of hydrogen-bond acceptors (Lipinski definition) is 5. The van der Waals surface area contributed by atoms with Gasteiger partial charge < -0.3 is 14.3 Å². The van der Waals surface area contributed by atoms with Crippen LogP contribution in [0.1, 0.15) is 48.9 Å². The van der Waals surface area contributed by atoms with Crippen molar-refractivity contribution < 1.29 is 9.21 Å². The van der Waals surface area contributed by atoms with Crippen molar-refractivity contribution in [2.75, 3.05) is 5.75 Å². The SMILES string of the molecule is C[C@H](NC(=O)CSc1nnc(C2CC2)n1Cc1ccccc1)c1cc2ccccc2o1. The van der Waals surface area contributed by atoms with Gasteiger partial charge in [-0.2, -0.15) is 0 Å². The Morgan fingerprint density at radius 1 is 1.16 bits per heavy atom. The van der Waals surface area contributed by atoms with Crippen molar-refractivity contribution in [2.24, 2.45) is 0 Å². The highest BCUT2D eigenvalue weighted by Gasteiger charge is 2.30. The average Bonchev–Trinajstić information content (AvgIpc) is 3.40. The first kappa shape index (κ1) is 19.9. The zero-order valence-electron chi connectivity index (χ0n) is 17.3. The quantitative estimate of drug-likeness (QED) is 0.400. The minimum Gasteiger partial charge on any atom is -0.459 e. The number of rotatable bonds is 8. The molecular formula is C24H24N4O2S. The van der Waals surface area contributed by atoms with Gasteiger partial charge in [-0.3, -0.25) is 4.79 Å². The summed E-state index contributed by atoms with van der Waals surface area (Å²) in [5, 5.41) is 13.7. The fourth-order valence-corrected chi connectivity index (χ4v) is 4.42. The topological polar surface area (TPSA) is 73.0 Å². The van der Waals surface area contributed by atoms with E-state index in [9.17, 15) is 4.79 Å². The Morgan fingerprint density at radius 2 is 1.94 bits per heavy atom. The second kappa shape index (κ2) is 8.59. The Hall–Kier alpha value is -3.06. The van der Waals surface area contributed by atoms with Crippen LogP contribution >= 0.6 is 11.8 Å². The molecular weight excluding hydrogens is 408 g/mol. The Kier molecular flexibility index (Phi) is 5.51. The molecule has 1 saturated carbocycles. The first-order valence-electron chi connectivity index (χ1n) is 10.5. The number of nitrogens with one attached hydrogen (secondary N) is 1. The van der Waals surface area contributed by atoms with Crippen LogP contribution in [0.5, 0.6) is 0 Å². The van der Waals surface area contributed by atoms with Gasteiger partial charge in [0.15, 0.2) is 5.16 Å². The van der Waals surface area contributed by atoms with E-state index >= 15 is 0 Å². The number of thioether (sulfide) groups is 1. The third-order valence-corrected chi connectivity index (χ3v) is 6.42. The number of aromatic nitrogens is 3. The van der Waals surface area contributed by atoms with E-state index in [1.807, 2.05) is 55.5 Å². The summed E-state index contributed by atoms with van der Waals surface area (Å²) in [4.78, 5) is 12.6. The first-order valence-corrected chi connectivity index (χ1v) is 11.5. The number of hydrogen-bond donors (Lipinski definition) is 1. The molecule has 1 atom stereocenters. The van der Waals surface area contributed by atoms with Gasteiger partial charge in [0.25, 0.3) is 0 Å². The number of benzene rings is 2. The molecule has 1 N–H and O–H groups in total. The van der Waals surface area contributed by atoms with Crippen LogP contribution in [0.3, 0.4) is 0 Å². The van der Waals surface area contributed by atoms with E-state index in [1.54, 1.807) is 0 Å². The predicted octanol–water partition coefficient (Wildman–Crippen LogP) is 4.92. The number of carbonyl (C=O) groups excluding carboxylic acids is 1. The highest BCUT2D eigenvalue weighted by Crippen LogP contribution is 2.40. The number of amides is 1. The van der Waals surface area contributed by atoms with Crippen LogP contribution in [-0.2, 0) is 11.3 Å². The molecule has 158 valence electrons. The van der Waals surface area contributed by atoms with Crippen LogP contribution in [0.2, 0.25) is 0 Å². The Labute approximate surface area is 185 Å². The lowest BCUT2D eigenvalue weighted by Gasteiger charge is -2.12. The van der Waals surface area contributed by atoms with E-state index < -0.39 is 0 Å². The van der Waals surface area contributed by atoms with Crippen molar-refractivity contribution in [3.8, 4) is 0 Å². The summed E-state index contributed by atoms with van der Waals surface area (Å²) in [5.74, 6) is 2.50.